The number of phenols is 1. The first-order valence-electron chi connectivity index (χ1n) is 8.08. The van der Waals surface area contributed by atoms with Gasteiger partial charge in [-0.2, -0.15) is 0 Å². The SMILES string of the molecule is CC(=O)N/C(=C(/c1ccccc1)c1ccccc1O)c1ccccc1. The van der Waals surface area contributed by atoms with Crippen LogP contribution in [0.15, 0.2) is 84.9 Å². The van der Waals surface area contributed by atoms with E-state index in [0.29, 0.717) is 11.3 Å². The third-order valence-corrected chi connectivity index (χ3v) is 3.85. The number of rotatable bonds is 4. The summed E-state index contributed by atoms with van der Waals surface area (Å²) in [5.41, 5.74) is 3.90. The molecule has 124 valence electrons. The molecule has 0 spiro atoms. The summed E-state index contributed by atoms with van der Waals surface area (Å²) in [6, 6.07) is 26.5. The highest BCUT2D eigenvalue weighted by molar-refractivity contribution is 6.03. The summed E-state index contributed by atoms with van der Waals surface area (Å²) < 4.78 is 0. The number of carbonyl (C=O) groups excluding carboxylic acids is 1. The van der Waals surface area contributed by atoms with Crippen LogP contribution >= 0.6 is 0 Å². The van der Waals surface area contributed by atoms with Crippen LogP contribution in [-0.2, 0) is 4.79 Å². The highest BCUT2D eigenvalue weighted by atomic mass is 16.3. The van der Waals surface area contributed by atoms with Crippen LogP contribution in [0, 0.1) is 0 Å². The van der Waals surface area contributed by atoms with Crippen LogP contribution in [0.2, 0.25) is 0 Å². The van der Waals surface area contributed by atoms with Gasteiger partial charge in [0.2, 0.25) is 5.91 Å². The van der Waals surface area contributed by atoms with Gasteiger partial charge in [0.1, 0.15) is 5.75 Å². The molecule has 3 rings (SSSR count). The molecular formula is C22H19NO2. The van der Waals surface area contributed by atoms with Crippen molar-refractivity contribution in [1.82, 2.24) is 5.32 Å². The van der Waals surface area contributed by atoms with Gasteiger partial charge in [-0.1, -0.05) is 78.9 Å². The molecule has 0 aromatic heterocycles. The fourth-order valence-corrected chi connectivity index (χ4v) is 2.78. The molecule has 2 N–H and O–H groups in total. The number of benzene rings is 3. The van der Waals surface area contributed by atoms with E-state index in [1.165, 1.54) is 6.92 Å². The fourth-order valence-electron chi connectivity index (χ4n) is 2.78. The van der Waals surface area contributed by atoms with Gasteiger partial charge in [-0.25, -0.2) is 0 Å². The molecule has 3 aromatic rings. The molecule has 3 nitrogen and oxygen atoms in total. The van der Waals surface area contributed by atoms with Crippen molar-refractivity contribution in [2.45, 2.75) is 6.92 Å². The summed E-state index contributed by atoms with van der Waals surface area (Å²) in [5.74, 6) is 0.00263. The summed E-state index contributed by atoms with van der Waals surface area (Å²) in [6.45, 7) is 1.48. The maximum atomic E-state index is 11.9. The summed E-state index contributed by atoms with van der Waals surface area (Å²) in [6.07, 6.45) is 0. The zero-order chi connectivity index (χ0) is 17.6. The zero-order valence-corrected chi connectivity index (χ0v) is 13.9. The smallest absolute Gasteiger partial charge is 0.221 e. The van der Waals surface area contributed by atoms with Crippen molar-refractivity contribution in [2.75, 3.05) is 0 Å². The Morgan fingerprint density at radius 3 is 1.84 bits per heavy atom. The first-order chi connectivity index (χ1) is 12.2. The normalized spacial score (nSPS) is 11.6. The van der Waals surface area contributed by atoms with E-state index in [0.717, 1.165) is 16.7 Å². The highest BCUT2D eigenvalue weighted by Gasteiger charge is 2.17. The van der Waals surface area contributed by atoms with Crippen LogP contribution in [-0.4, -0.2) is 11.0 Å². The molecule has 0 unspecified atom stereocenters. The van der Waals surface area contributed by atoms with Crippen LogP contribution < -0.4 is 5.32 Å². The van der Waals surface area contributed by atoms with Gasteiger partial charge in [0.05, 0.1) is 5.70 Å². The van der Waals surface area contributed by atoms with Gasteiger partial charge >= 0.3 is 0 Å². The number of phenolic OH excluding ortho intramolecular Hbond substituents is 1. The van der Waals surface area contributed by atoms with Gasteiger partial charge in [0, 0.05) is 18.1 Å². The van der Waals surface area contributed by atoms with E-state index in [1.807, 2.05) is 72.8 Å². The summed E-state index contributed by atoms with van der Waals surface area (Å²) >= 11 is 0. The Morgan fingerprint density at radius 2 is 1.28 bits per heavy atom. The third-order valence-electron chi connectivity index (χ3n) is 3.85. The average molecular weight is 329 g/mol. The van der Waals surface area contributed by atoms with Gasteiger partial charge in [-0.15, -0.1) is 0 Å². The maximum absolute atomic E-state index is 11.9. The Kier molecular flexibility index (Phi) is 4.95. The Bertz CT molecular complexity index is 900. The Hall–Kier alpha value is -3.33. The first-order valence-corrected chi connectivity index (χ1v) is 8.08. The molecule has 0 aliphatic rings. The van der Waals surface area contributed by atoms with Crippen molar-refractivity contribution < 1.29 is 9.90 Å². The maximum Gasteiger partial charge on any atom is 0.221 e. The molecule has 0 aliphatic carbocycles. The van der Waals surface area contributed by atoms with Gasteiger partial charge in [0.15, 0.2) is 0 Å². The van der Waals surface area contributed by atoms with Crippen LogP contribution in [0.4, 0.5) is 0 Å². The van der Waals surface area contributed by atoms with Crippen molar-refractivity contribution in [3.63, 3.8) is 0 Å². The van der Waals surface area contributed by atoms with Crippen LogP contribution in [0.1, 0.15) is 23.6 Å². The predicted molar refractivity (Wildman–Crippen MR) is 101 cm³/mol. The van der Waals surface area contributed by atoms with E-state index in [4.69, 9.17) is 0 Å². The molecule has 0 fully saturated rings. The molecule has 0 heterocycles. The standard InChI is InChI=1S/C22H19NO2/c1-16(24)23-22(18-12-6-3-7-13-18)21(17-10-4-2-5-11-17)19-14-8-9-15-20(19)25/h2-15,25H,1H3,(H,23,24)/b22-21-. The lowest BCUT2D eigenvalue weighted by atomic mass is 9.92. The van der Waals surface area contributed by atoms with E-state index in [9.17, 15) is 9.90 Å². The monoisotopic (exact) mass is 329 g/mol. The average Bonchev–Trinajstić information content (AvgIpc) is 2.64. The summed E-state index contributed by atoms with van der Waals surface area (Å²) in [4.78, 5) is 11.9. The molecule has 0 saturated carbocycles. The molecule has 1 amide bonds. The largest absolute Gasteiger partial charge is 0.507 e. The number of hydrogen-bond donors (Lipinski definition) is 2. The number of aromatic hydroxyl groups is 1. The number of carbonyl (C=O) groups is 1. The molecule has 3 aromatic carbocycles. The van der Waals surface area contributed by atoms with Crippen molar-refractivity contribution in [3.8, 4) is 5.75 Å². The van der Waals surface area contributed by atoms with Crippen molar-refractivity contribution in [2.24, 2.45) is 0 Å². The second-order valence-electron chi connectivity index (χ2n) is 5.68. The van der Waals surface area contributed by atoms with Gasteiger partial charge in [0.25, 0.3) is 0 Å². The lowest BCUT2D eigenvalue weighted by Gasteiger charge is -2.18. The van der Waals surface area contributed by atoms with Gasteiger partial charge < -0.3 is 10.4 Å². The van der Waals surface area contributed by atoms with E-state index in [1.54, 1.807) is 12.1 Å². The second-order valence-corrected chi connectivity index (χ2v) is 5.68. The quantitative estimate of drug-likeness (QED) is 0.695. The van der Waals surface area contributed by atoms with Crippen LogP contribution in [0.3, 0.4) is 0 Å². The van der Waals surface area contributed by atoms with Crippen molar-refractivity contribution in [3.05, 3.63) is 102 Å². The van der Waals surface area contributed by atoms with Crippen molar-refractivity contribution >= 4 is 17.2 Å². The molecule has 3 heteroatoms. The fraction of sp³-hybridized carbons (Fsp3) is 0.0455. The lowest BCUT2D eigenvalue weighted by molar-refractivity contribution is -0.117. The number of hydrogen-bond acceptors (Lipinski definition) is 2. The topological polar surface area (TPSA) is 49.3 Å². The summed E-state index contributed by atoms with van der Waals surface area (Å²) in [5, 5.41) is 13.4. The minimum atomic E-state index is -0.164. The molecule has 0 radical (unpaired) electrons. The number of amides is 1. The number of nitrogens with one attached hydrogen (secondary N) is 1. The lowest BCUT2D eigenvalue weighted by Crippen LogP contribution is -2.20. The van der Waals surface area contributed by atoms with E-state index in [-0.39, 0.29) is 11.7 Å². The van der Waals surface area contributed by atoms with Crippen molar-refractivity contribution in [1.29, 1.82) is 0 Å². The first kappa shape index (κ1) is 16.5. The Morgan fingerprint density at radius 1 is 0.760 bits per heavy atom. The van der Waals surface area contributed by atoms with Gasteiger partial charge in [-0.05, 0) is 17.2 Å². The van der Waals surface area contributed by atoms with Gasteiger partial charge in [-0.3, -0.25) is 4.79 Å². The van der Waals surface area contributed by atoms with E-state index in [2.05, 4.69) is 5.32 Å². The minimum Gasteiger partial charge on any atom is -0.507 e. The molecule has 0 aliphatic heterocycles. The zero-order valence-electron chi connectivity index (χ0n) is 13.9. The van der Waals surface area contributed by atoms with E-state index < -0.39 is 0 Å². The Balaban J connectivity index is 2.35. The molecule has 0 bridgehead atoms. The highest BCUT2D eigenvalue weighted by Crippen LogP contribution is 2.35. The molecule has 0 atom stereocenters. The molecular weight excluding hydrogens is 310 g/mol. The third kappa shape index (κ3) is 3.78. The van der Waals surface area contributed by atoms with Crippen LogP contribution in [0.5, 0.6) is 5.75 Å². The predicted octanol–water partition coefficient (Wildman–Crippen LogP) is 4.44. The second kappa shape index (κ2) is 7.49. The summed E-state index contributed by atoms with van der Waals surface area (Å²) in [7, 11) is 0. The Labute approximate surface area is 147 Å². The molecule has 25 heavy (non-hydrogen) atoms. The minimum absolute atomic E-state index is 0.164. The molecule has 0 saturated heterocycles. The van der Waals surface area contributed by atoms with E-state index >= 15 is 0 Å². The van der Waals surface area contributed by atoms with Crippen LogP contribution in [0.25, 0.3) is 11.3 Å². The number of para-hydroxylation sites is 1.